The number of carbonyl (C=O) groups excluding carboxylic acids is 1. The van der Waals surface area contributed by atoms with Gasteiger partial charge < -0.3 is 10.4 Å². The first-order valence-corrected chi connectivity index (χ1v) is 11.9. The molecule has 2 amide bonds. The van der Waals surface area contributed by atoms with Crippen molar-refractivity contribution in [1.82, 2.24) is 0 Å². The van der Waals surface area contributed by atoms with E-state index in [-0.39, 0.29) is 0 Å². The summed E-state index contributed by atoms with van der Waals surface area (Å²) in [7, 11) is -1.06. The van der Waals surface area contributed by atoms with Crippen LogP contribution in [0.4, 0.5) is 10.5 Å². The second-order valence-corrected chi connectivity index (χ2v) is 10.7. The largest absolute Gasteiger partial charge is 0.386 e. The van der Waals surface area contributed by atoms with E-state index in [1.165, 1.54) is 33.6 Å². The van der Waals surface area contributed by atoms with Crippen molar-refractivity contribution in [1.29, 1.82) is 0 Å². The van der Waals surface area contributed by atoms with Crippen molar-refractivity contribution in [2.45, 2.75) is 62.2 Å². The molecule has 0 bridgehead atoms. The third-order valence-corrected chi connectivity index (χ3v) is 8.34. The molecular weight excluding hydrogens is 414 g/mol. The Balaban J connectivity index is 1.61. The third kappa shape index (κ3) is 3.66. The van der Waals surface area contributed by atoms with Gasteiger partial charge in [0.1, 0.15) is 0 Å². The first-order chi connectivity index (χ1) is 13.3. The van der Waals surface area contributed by atoms with Gasteiger partial charge in [-0.2, -0.15) is 4.36 Å². The fraction of sp³-hybridized carbons (Fsp3) is 0.450. The summed E-state index contributed by atoms with van der Waals surface area (Å²) in [6.07, 6.45) is 5.94. The number of hydrogen-bond donors (Lipinski definition) is 3. The van der Waals surface area contributed by atoms with Gasteiger partial charge in [0.15, 0.2) is 0 Å². The number of amides is 2. The molecule has 1 heterocycles. The van der Waals surface area contributed by atoms with E-state index >= 15 is 0 Å². The van der Waals surface area contributed by atoms with Crippen LogP contribution in [0.25, 0.3) is 0 Å². The Morgan fingerprint density at radius 3 is 2.32 bits per heavy atom. The maximum absolute atomic E-state index is 12.7. The van der Waals surface area contributed by atoms with Crippen molar-refractivity contribution < 1.29 is 9.90 Å². The van der Waals surface area contributed by atoms with Crippen LogP contribution in [-0.2, 0) is 42.2 Å². The summed E-state index contributed by atoms with van der Waals surface area (Å²) in [4.78, 5) is 12.7. The highest BCUT2D eigenvalue weighted by Gasteiger charge is 2.28. The molecule has 0 spiro atoms. The van der Waals surface area contributed by atoms with Crippen LogP contribution >= 0.6 is 22.9 Å². The smallest absolute Gasteiger partial charge is 0.352 e. The fourth-order valence-corrected chi connectivity index (χ4v) is 6.47. The Bertz CT molecular complexity index is 957. The minimum absolute atomic E-state index is 0.422. The molecule has 0 aliphatic heterocycles. The minimum atomic E-state index is -1.06. The standard InChI is InChI=1S/C20H24ClN3O2S2/c1-20(2,26)11-9-16(27-10-11)28(22)24-19(25)23-18-14-7-3-5-12(14)17(21)13-6-4-8-15(13)18/h9-10,26H,3-8H2,1-2H3,(H3,22,23,24,25). The molecule has 0 fully saturated rings. The van der Waals surface area contributed by atoms with Crippen molar-refractivity contribution in [2.75, 3.05) is 5.32 Å². The lowest BCUT2D eigenvalue weighted by molar-refractivity contribution is 0.0789. The van der Waals surface area contributed by atoms with E-state index < -0.39 is 22.5 Å². The average molecular weight is 438 g/mol. The van der Waals surface area contributed by atoms with Gasteiger partial charge in [-0.3, -0.25) is 5.14 Å². The molecule has 0 saturated carbocycles. The van der Waals surface area contributed by atoms with Gasteiger partial charge in [-0.15, -0.1) is 11.3 Å². The number of halogens is 1. The van der Waals surface area contributed by atoms with Gasteiger partial charge in [0.05, 0.1) is 9.81 Å². The molecule has 2 aromatic rings. The first kappa shape index (κ1) is 20.0. The predicted molar refractivity (Wildman–Crippen MR) is 116 cm³/mol. The maximum atomic E-state index is 12.7. The fourth-order valence-electron chi connectivity index (χ4n) is 4.05. The van der Waals surface area contributed by atoms with Crippen molar-refractivity contribution in [2.24, 2.45) is 9.50 Å². The van der Waals surface area contributed by atoms with Crippen molar-refractivity contribution in [3.8, 4) is 0 Å². The summed E-state index contributed by atoms with van der Waals surface area (Å²) in [6, 6.07) is 1.40. The van der Waals surface area contributed by atoms with E-state index in [0.29, 0.717) is 0 Å². The number of thiophene rings is 1. The van der Waals surface area contributed by atoms with Gasteiger partial charge in [-0.25, -0.2) is 4.79 Å². The molecule has 28 heavy (non-hydrogen) atoms. The molecule has 1 unspecified atom stereocenters. The SMILES string of the molecule is CC(C)(O)c1csc(S(N)=NC(=O)Nc2c3c(c(Cl)c4c2CCC4)CCC3)c1. The highest BCUT2D eigenvalue weighted by molar-refractivity contribution is 7.87. The molecule has 2 aliphatic carbocycles. The average Bonchev–Trinajstić information content (AvgIpc) is 3.38. The van der Waals surface area contributed by atoms with Gasteiger partial charge in [0.2, 0.25) is 0 Å². The number of urea groups is 1. The highest BCUT2D eigenvalue weighted by Crippen LogP contribution is 2.44. The molecule has 1 aromatic heterocycles. The van der Waals surface area contributed by atoms with E-state index in [4.69, 9.17) is 16.7 Å². The van der Waals surface area contributed by atoms with Crippen LogP contribution in [0.1, 0.15) is 54.5 Å². The lowest BCUT2D eigenvalue weighted by Crippen LogP contribution is -2.15. The number of rotatable bonds is 3. The van der Waals surface area contributed by atoms with Crippen molar-refractivity contribution in [3.63, 3.8) is 0 Å². The molecule has 1 aromatic carbocycles. The Labute approximate surface area is 176 Å². The Morgan fingerprint density at radius 1 is 1.21 bits per heavy atom. The third-order valence-electron chi connectivity index (χ3n) is 5.47. The van der Waals surface area contributed by atoms with Crippen LogP contribution in [0.15, 0.2) is 20.0 Å². The zero-order valence-corrected chi connectivity index (χ0v) is 18.4. The molecule has 4 N–H and O–H groups in total. The topological polar surface area (TPSA) is 87.7 Å². The summed E-state index contributed by atoms with van der Waals surface area (Å²) in [5, 5.41) is 22.1. The van der Waals surface area contributed by atoms with Crippen LogP contribution in [0.5, 0.6) is 0 Å². The monoisotopic (exact) mass is 437 g/mol. The lowest BCUT2D eigenvalue weighted by Gasteiger charge is -2.17. The van der Waals surface area contributed by atoms with Gasteiger partial charge >= 0.3 is 6.03 Å². The number of carbonyl (C=O) groups is 1. The van der Waals surface area contributed by atoms with Gasteiger partial charge in [0, 0.05) is 21.6 Å². The lowest BCUT2D eigenvalue weighted by atomic mass is 9.98. The van der Waals surface area contributed by atoms with Gasteiger partial charge in [-0.05, 0) is 91.6 Å². The maximum Gasteiger partial charge on any atom is 0.352 e. The second-order valence-electron chi connectivity index (χ2n) is 7.86. The molecule has 1 atom stereocenters. The zero-order chi connectivity index (χ0) is 20.1. The molecule has 4 rings (SSSR count). The summed E-state index contributed by atoms with van der Waals surface area (Å²) < 4.78 is 4.94. The van der Waals surface area contributed by atoms with E-state index in [9.17, 15) is 9.90 Å². The van der Waals surface area contributed by atoms with E-state index in [1.54, 1.807) is 13.8 Å². The zero-order valence-electron chi connectivity index (χ0n) is 16.0. The molecule has 0 saturated heterocycles. The number of fused-ring (bicyclic) bond motifs is 2. The van der Waals surface area contributed by atoms with Crippen LogP contribution in [-0.4, -0.2) is 11.1 Å². The molecule has 8 heteroatoms. The van der Waals surface area contributed by atoms with Crippen molar-refractivity contribution >= 4 is 45.5 Å². The summed E-state index contributed by atoms with van der Waals surface area (Å²) >= 11 is 8.05. The Hall–Kier alpha value is -1.25. The quantitative estimate of drug-likeness (QED) is 0.639. The number of aliphatic hydroxyl groups is 1. The molecule has 0 radical (unpaired) electrons. The molecule has 150 valence electrons. The van der Waals surface area contributed by atoms with Gasteiger partial charge in [-0.1, -0.05) is 11.6 Å². The Morgan fingerprint density at radius 2 is 1.79 bits per heavy atom. The van der Waals surface area contributed by atoms with E-state index in [2.05, 4.69) is 9.68 Å². The molecule has 5 nitrogen and oxygen atoms in total. The number of nitrogens with one attached hydrogen (secondary N) is 1. The molecular formula is C20H24ClN3O2S2. The minimum Gasteiger partial charge on any atom is -0.386 e. The molecule has 2 aliphatic rings. The highest BCUT2D eigenvalue weighted by atomic mass is 35.5. The number of hydrogen-bond acceptors (Lipinski definition) is 3. The number of nitrogens with two attached hydrogens (primary N) is 1. The number of anilines is 1. The number of benzene rings is 1. The summed E-state index contributed by atoms with van der Waals surface area (Å²) in [5.41, 5.74) is 5.48. The van der Waals surface area contributed by atoms with Crippen LogP contribution < -0.4 is 10.5 Å². The normalized spacial score (nSPS) is 16.9. The van der Waals surface area contributed by atoms with Crippen LogP contribution in [0, 0.1) is 0 Å². The summed E-state index contributed by atoms with van der Waals surface area (Å²) in [5.74, 6) is 0. The second kappa shape index (κ2) is 7.54. The predicted octanol–water partition coefficient (Wildman–Crippen LogP) is 4.87. The van der Waals surface area contributed by atoms with E-state index in [1.807, 2.05) is 11.4 Å². The van der Waals surface area contributed by atoms with Gasteiger partial charge in [0.25, 0.3) is 0 Å². The number of nitrogens with zero attached hydrogens (tertiary/aromatic N) is 1. The first-order valence-electron chi connectivity index (χ1n) is 9.43. The van der Waals surface area contributed by atoms with Crippen LogP contribution in [0.2, 0.25) is 5.02 Å². The Kier molecular flexibility index (Phi) is 5.39. The summed E-state index contributed by atoms with van der Waals surface area (Å²) in [6.45, 7) is 3.44. The van der Waals surface area contributed by atoms with E-state index in [0.717, 1.165) is 59.0 Å². The van der Waals surface area contributed by atoms with Crippen LogP contribution in [0.3, 0.4) is 0 Å². The van der Waals surface area contributed by atoms with Crippen molar-refractivity contribution in [3.05, 3.63) is 44.3 Å².